The fourth-order valence-corrected chi connectivity index (χ4v) is 2.99. The third kappa shape index (κ3) is 2.94. The van der Waals surface area contributed by atoms with Crippen molar-refractivity contribution in [3.63, 3.8) is 0 Å². The zero-order valence-electron chi connectivity index (χ0n) is 11.9. The molecule has 0 aliphatic carbocycles. The fraction of sp³-hybridized carbons (Fsp3) is 0.231. The van der Waals surface area contributed by atoms with Crippen LogP contribution in [0.5, 0.6) is 0 Å². The van der Waals surface area contributed by atoms with Crippen molar-refractivity contribution in [2.75, 3.05) is 6.54 Å². The lowest BCUT2D eigenvalue weighted by atomic mass is 10.1. The van der Waals surface area contributed by atoms with Gasteiger partial charge >= 0.3 is 0 Å². The van der Waals surface area contributed by atoms with Crippen LogP contribution in [-0.2, 0) is 12.8 Å². The normalized spacial score (nSPS) is 11.0. The average Bonchev–Trinajstić information content (AvgIpc) is 2.94. The van der Waals surface area contributed by atoms with Gasteiger partial charge in [0.2, 0.25) is 4.96 Å². The van der Waals surface area contributed by atoms with E-state index in [1.807, 2.05) is 0 Å². The number of hydrogen-bond acceptors (Lipinski definition) is 8. The first-order valence-corrected chi connectivity index (χ1v) is 7.58. The van der Waals surface area contributed by atoms with E-state index in [1.54, 1.807) is 18.2 Å². The van der Waals surface area contributed by atoms with Crippen LogP contribution in [-0.4, -0.2) is 31.3 Å². The Hall–Kier alpha value is -2.72. The van der Waals surface area contributed by atoms with E-state index in [0.29, 0.717) is 28.5 Å². The summed E-state index contributed by atoms with van der Waals surface area (Å²) in [6.07, 6.45) is 0.572. The monoisotopic (exact) mass is 332 g/mol. The van der Waals surface area contributed by atoms with E-state index in [4.69, 9.17) is 5.73 Å². The average molecular weight is 332 g/mol. The Morgan fingerprint density at radius 1 is 1.30 bits per heavy atom. The largest absolute Gasteiger partial charge is 0.330 e. The SMILES string of the molecule is NCCc1nn2c(=O)c(Cc3ccccc3[N+](=O)[O-])nnc2s1. The van der Waals surface area contributed by atoms with Crippen LogP contribution in [0.4, 0.5) is 5.69 Å². The van der Waals surface area contributed by atoms with Crippen LogP contribution in [0.2, 0.25) is 0 Å². The van der Waals surface area contributed by atoms with Gasteiger partial charge in [0.15, 0.2) is 0 Å². The summed E-state index contributed by atoms with van der Waals surface area (Å²) < 4.78 is 1.17. The van der Waals surface area contributed by atoms with Crippen LogP contribution in [0, 0.1) is 10.1 Å². The number of nitro groups is 1. The molecule has 0 saturated carbocycles. The highest BCUT2D eigenvalue weighted by Crippen LogP contribution is 2.19. The van der Waals surface area contributed by atoms with E-state index in [0.717, 1.165) is 0 Å². The Labute approximate surface area is 133 Å². The van der Waals surface area contributed by atoms with E-state index in [1.165, 1.54) is 21.9 Å². The molecule has 0 saturated heterocycles. The van der Waals surface area contributed by atoms with Gasteiger partial charge in [-0.15, -0.1) is 10.2 Å². The maximum absolute atomic E-state index is 12.4. The molecule has 0 unspecified atom stereocenters. The maximum atomic E-state index is 12.4. The quantitative estimate of drug-likeness (QED) is 0.533. The molecular weight excluding hydrogens is 320 g/mol. The highest BCUT2D eigenvalue weighted by Gasteiger charge is 2.17. The number of rotatable bonds is 5. The summed E-state index contributed by atoms with van der Waals surface area (Å²) in [5.74, 6) is 0. The topological polar surface area (TPSA) is 129 Å². The highest BCUT2D eigenvalue weighted by molar-refractivity contribution is 7.16. The van der Waals surface area contributed by atoms with Crippen molar-refractivity contribution < 1.29 is 4.92 Å². The molecule has 2 heterocycles. The molecule has 0 fully saturated rings. The van der Waals surface area contributed by atoms with Gasteiger partial charge in [0.1, 0.15) is 10.7 Å². The summed E-state index contributed by atoms with van der Waals surface area (Å²) in [5.41, 5.74) is 5.52. The van der Waals surface area contributed by atoms with Crippen LogP contribution in [0.1, 0.15) is 16.3 Å². The predicted octanol–water partition coefficient (Wildman–Crippen LogP) is 0.546. The molecule has 0 radical (unpaired) electrons. The van der Waals surface area contributed by atoms with Gasteiger partial charge in [-0.3, -0.25) is 14.9 Å². The van der Waals surface area contributed by atoms with Gasteiger partial charge in [0, 0.05) is 24.5 Å². The first kappa shape index (κ1) is 15.2. The smallest absolute Gasteiger partial charge is 0.297 e. The second-order valence-corrected chi connectivity index (χ2v) is 5.78. The van der Waals surface area contributed by atoms with Gasteiger partial charge < -0.3 is 5.73 Å². The lowest BCUT2D eigenvalue weighted by molar-refractivity contribution is -0.385. The predicted molar refractivity (Wildman–Crippen MR) is 83.6 cm³/mol. The molecule has 0 atom stereocenters. The summed E-state index contributed by atoms with van der Waals surface area (Å²) >= 11 is 1.25. The Kier molecular flexibility index (Phi) is 4.08. The summed E-state index contributed by atoms with van der Waals surface area (Å²) in [6.45, 7) is 0.422. The molecule has 2 aromatic heterocycles. The number of nitrogens with zero attached hydrogens (tertiary/aromatic N) is 5. The number of hydrogen-bond donors (Lipinski definition) is 1. The standard InChI is InChI=1S/C13H12N6O3S/c14-6-5-11-17-18-12(20)9(15-16-13(18)23-11)7-8-3-1-2-4-10(8)19(21)22/h1-4H,5-7,14H2. The van der Waals surface area contributed by atoms with Gasteiger partial charge in [-0.2, -0.15) is 9.61 Å². The summed E-state index contributed by atoms with van der Waals surface area (Å²) in [7, 11) is 0. The second-order valence-electron chi connectivity index (χ2n) is 4.74. The number of nitro benzene ring substituents is 1. The zero-order valence-corrected chi connectivity index (χ0v) is 12.7. The Morgan fingerprint density at radius 3 is 2.83 bits per heavy atom. The van der Waals surface area contributed by atoms with Crippen LogP contribution >= 0.6 is 11.3 Å². The van der Waals surface area contributed by atoms with Crippen molar-refractivity contribution in [3.8, 4) is 0 Å². The summed E-state index contributed by atoms with van der Waals surface area (Å²) in [4.78, 5) is 23.4. The van der Waals surface area contributed by atoms with Gasteiger partial charge in [0.25, 0.3) is 11.2 Å². The summed E-state index contributed by atoms with van der Waals surface area (Å²) in [6, 6.07) is 6.23. The van der Waals surface area contributed by atoms with Crippen LogP contribution < -0.4 is 11.3 Å². The number of para-hydroxylation sites is 1. The minimum atomic E-state index is -0.485. The van der Waals surface area contributed by atoms with Gasteiger partial charge in [-0.25, -0.2) is 0 Å². The molecule has 118 valence electrons. The van der Waals surface area contributed by atoms with Crippen molar-refractivity contribution in [3.05, 3.63) is 61.0 Å². The molecular formula is C13H12N6O3S. The molecule has 9 nitrogen and oxygen atoms in total. The van der Waals surface area contributed by atoms with Crippen LogP contribution in [0.25, 0.3) is 4.96 Å². The molecule has 0 aliphatic heterocycles. The third-order valence-corrected chi connectivity index (χ3v) is 4.16. The lowest BCUT2D eigenvalue weighted by Gasteiger charge is -2.01. The molecule has 10 heteroatoms. The minimum Gasteiger partial charge on any atom is -0.330 e. The maximum Gasteiger partial charge on any atom is 0.297 e. The zero-order chi connectivity index (χ0) is 16.4. The number of fused-ring (bicyclic) bond motifs is 1. The van der Waals surface area contributed by atoms with Crippen LogP contribution in [0.3, 0.4) is 0 Å². The van der Waals surface area contributed by atoms with Gasteiger partial charge in [0.05, 0.1) is 4.92 Å². The first-order chi connectivity index (χ1) is 11.1. The Bertz CT molecular complexity index is 935. The van der Waals surface area contributed by atoms with Crippen molar-refractivity contribution >= 4 is 22.0 Å². The highest BCUT2D eigenvalue weighted by atomic mass is 32.1. The molecule has 0 spiro atoms. The van der Waals surface area contributed by atoms with E-state index in [2.05, 4.69) is 15.3 Å². The van der Waals surface area contributed by atoms with Crippen molar-refractivity contribution in [1.82, 2.24) is 19.8 Å². The first-order valence-electron chi connectivity index (χ1n) is 6.77. The van der Waals surface area contributed by atoms with Gasteiger partial charge in [-0.1, -0.05) is 29.5 Å². The molecule has 0 amide bonds. The molecule has 3 rings (SSSR count). The van der Waals surface area contributed by atoms with E-state index < -0.39 is 10.5 Å². The number of nitrogens with two attached hydrogens (primary N) is 1. The van der Waals surface area contributed by atoms with E-state index in [-0.39, 0.29) is 17.8 Å². The van der Waals surface area contributed by atoms with Crippen LogP contribution in [0.15, 0.2) is 29.1 Å². The molecule has 3 aromatic rings. The molecule has 2 N–H and O–H groups in total. The minimum absolute atomic E-state index is 0.0235. The second kappa shape index (κ2) is 6.18. The van der Waals surface area contributed by atoms with Gasteiger partial charge in [-0.05, 0) is 6.54 Å². The van der Waals surface area contributed by atoms with Crippen molar-refractivity contribution in [1.29, 1.82) is 0 Å². The Balaban J connectivity index is 2.03. The third-order valence-electron chi connectivity index (χ3n) is 3.20. The van der Waals surface area contributed by atoms with Crippen molar-refractivity contribution in [2.45, 2.75) is 12.8 Å². The lowest BCUT2D eigenvalue weighted by Crippen LogP contribution is -2.22. The fourth-order valence-electron chi connectivity index (χ4n) is 2.14. The van der Waals surface area contributed by atoms with E-state index >= 15 is 0 Å². The van der Waals surface area contributed by atoms with E-state index in [9.17, 15) is 14.9 Å². The number of benzene rings is 1. The Morgan fingerprint density at radius 2 is 2.09 bits per heavy atom. The summed E-state index contributed by atoms with van der Waals surface area (Å²) in [5, 5.41) is 23.8. The number of aromatic nitrogens is 4. The molecule has 23 heavy (non-hydrogen) atoms. The van der Waals surface area contributed by atoms with Crippen molar-refractivity contribution in [2.24, 2.45) is 5.73 Å². The molecule has 0 bridgehead atoms. The molecule has 1 aromatic carbocycles. The molecule has 0 aliphatic rings.